The van der Waals surface area contributed by atoms with Gasteiger partial charge in [-0.1, -0.05) is 12.1 Å². The van der Waals surface area contributed by atoms with Crippen LogP contribution in [0.5, 0.6) is 5.75 Å². The molecule has 1 aromatic rings. The number of alkyl halides is 3. The van der Waals surface area contributed by atoms with Gasteiger partial charge in [0.15, 0.2) is 15.8 Å². The van der Waals surface area contributed by atoms with E-state index in [0.717, 1.165) is 6.26 Å². The molecule has 0 saturated heterocycles. The van der Waals surface area contributed by atoms with E-state index in [1.165, 1.54) is 24.3 Å². The smallest absolute Gasteiger partial charge is 0.406 e. The average molecular weight is 495 g/mol. The summed E-state index contributed by atoms with van der Waals surface area (Å²) in [5.41, 5.74) is 6.28. The molecule has 0 bridgehead atoms. The molecule has 0 unspecified atom stereocenters. The summed E-state index contributed by atoms with van der Waals surface area (Å²) in [6.07, 6.45) is -3.60. The van der Waals surface area contributed by atoms with Crippen LogP contribution in [0.15, 0.2) is 29.3 Å². The lowest BCUT2D eigenvalue weighted by Gasteiger charge is -2.22. The zero-order valence-electron chi connectivity index (χ0n) is 13.9. The molecule has 0 aliphatic rings. The first-order valence-electron chi connectivity index (χ1n) is 6.88. The zero-order valence-corrected chi connectivity index (χ0v) is 17.1. The quantitative estimate of drug-likeness (QED) is 0.359. The number of hydrogen-bond donors (Lipinski definition) is 2. The second-order valence-corrected chi connectivity index (χ2v) is 8.43. The van der Waals surface area contributed by atoms with Crippen LogP contribution in [-0.4, -0.2) is 38.3 Å². The zero-order chi connectivity index (χ0) is 18.6. The van der Waals surface area contributed by atoms with E-state index in [2.05, 4.69) is 15.0 Å². The second-order valence-electron chi connectivity index (χ2n) is 5.78. The first kappa shape index (κ1) is 23.8. The first-order valence-corrected chi connectivity index (χ1v) is 8.77. The number of ether oxygens (including phenoxy) is 1. The number of nitrogens with two attached hydrogens (primary N) is 1. The van der Waals surface area contributed by atoms with E-state index >= 15 is 0 Å². The van der Waals surface area contributed by atoms with Gasteiger partial charge in [-0.3, -0.25) is 0 Å². The maximum absolute atomic E-state index is 12.0. The predicted octanol–water partition coefficient (Wildman–Crippen LogP) is 2.43. The van der Waals surface area contributed by atoms with Crippen molar-refractivity contribution in [1.82, 2.24) is 5.32 Å². The van der Waals surface area contributed by atoms with Crippen molar-refractivity contribution < 1.29 is 26.3 Å². The number of rotatable bonds is 6. The number of halogens is 4. The van der Waals surface area contributed by atoms with E-state index in [1.54, 1.807) is 13.8 Å². The van der Waals surface area contributed by atoms with Gasteiger partial charge in [-0.15, -0.1) is 37.1 Å². The van der Waals surface area contributed by atoms with Gasteiger partial charge in [0.25, 0.3) is 0 Å². The van der Waals surface area contributed by atoms with Gasteiger partial charge in [0.05, 0.1) is 11.3 Å². The van der Waals surface area contributed by atoms with E-state index in [4.69, 9.17) is 5.73 Å². The Hall–Kier alpha value is -1.24. The number of guanidine groups is 1. The number of aliphatic imine (C=N–C) groups is 1. The van der Waals surface area contributed by atoms with E-state index < -0.39 is 20.9 Å². The Labute approximate surface area is 162 Å². The summed E-state index contributed by atoms with van der Waals surface area (Å²) in [5, 5.41) is 2.72. The van der Waals surface area contributed by atoms with E-state index in [9.17, 15) is 21.6 Å². The highest BCUT2D eigenvalue weighted by atomic mass is 127. The van der Waals surface area contributed by atoms with Crippen molar-refractivity contribution in [2.45, 2.75) is 31.5 Å². The highest BCUT2D eigenvalue weighted by Gasteiger charge is 2.31. The Morgan fingerprint density at radius 3 is 2.20 bits per heavy atom. The third kappa shape index (κ3) is 8.61. The fourth-order valence-electron chi connectivity index (χ4n) is 1.46. The molecule has 6 nitrogen and oxygen atoms in total. The fourth-order valence-corrected chi connectivity index (χ4v) is 1.80. The molecule has 144 valence electrons. The van der Waals surface area contributed by atoms with Crippen LogP contribution in [0.2, 0.25) is 0 Å². The molecular weight excluding hydrogens is 474 g/mol. The minimum Gasteiger partial charge on any atom is -0.406 e. The molecule has 11 heteroatoms. The van der Waals surface area contributed by atoms with Gasteiger partial charge < -0.3 is 15.8 Å². The molecule has 0 atom stereocenters. The van der Waals surface area contributed by atoms with Crippen LogP contribution < -0.4 is 15.8 Å². The SMILES string of the molecule is CC(C)(CNC(N)=NCc1ccc(OC(F)(F)F)cc1)S(C)(=O)=O.I. The Kier molecular flexibility index (Phi) is 8.48. The van der Waals surface area contributed by atoms with Gasteiger partial charge >= 0.3 is 6.36 Å². The molecule has 0 fully saturated rings. The molecule has 0 aliphatic carbocycles. The Morgan fingerprint density at radius 2 is 1.76 bits per heavy atom. The van der Waals surface area contributed by atoms with Crippen molar-refractivity contribution in [3.8, 4) is 5.75 Å². The summed E-state index contributed by atoms with van der Waals surface area (Å²) >= 11 is 0. The summed E-state index contributed by atoms with van der Waals surface area (Å²) in [6.45, 7) is 3.33. The topological polar surface area (TPSA) is 93.8 Å². The monoisotopic (exact) mass is 495 g/mol. The maximum Gasteiger partial charge on any atom is 0.573 e. The summed E-state index contributed by atoms with van der Waals surface area (Å²) < 4.78 is 62.0. The third-order valence-electron chi connectivity index (χ3n) is 3.29. The molecule has 0 saturated carbocycles. The van der Waals surface area contributed by atoms with Gasteiger partial charge in [-0.05, 0) is 31.5 Å². The summed E-state index contributed by atoms with van der Waals surface area (Å²) in [6, 6.07) is 5.21. The van der Waals surface area contributed by atoms with E-state index in [1.807, 2.05) is 0 Å². The van der Waals surface area contributed by atoms with Gasteiger partial charge in [0.1, 0.15) is 5.75 Å². The molecule has 1 rings (SSSR count). The number of nitrogens with zero attached hydrogens (tertiary/aromatic N) is 1. The summed E-state index contributed by atoms with van der Waals surface area (Å²) in [4.78, 5) is 4.01. The van der Waals surface area contributed by atoms with E-state index in [-0.39, 0.29) is 48.8 Å². The lowest BCUT2D eigenvalue weighted by Crippen LogP contribution is -2.46. The molecule has 0 radical (unpaired) electrons. The Bertz CT molecular complexity index is 690. The predicted molar refractivity (Wildman–Crippen MR) is 101 cm³/mol. The highest BCUT2D eigenvalue weighted by Crippen LogP contribution is 2.22. The molecule has 0 aliphatic heterocycles. The van der Waals surface area contributed by atoms with Gasteiger partial charge in [0, 0.05) is 12.8 Å². The summed E-state index contributed by atoms with van der Waals surface area (Å²) in [7, 11) is -3.26. The van der Waals surface area contributed by atoms with Crippen LogP contribution in [0, 0.1) is 0 Å². The molecule has 0 aromatic heterocycles. The van der Waals surface area contributed by atoms with Crippen LogP contribution >= 0.6 is 24.0 Å². The van der Waals surface area contributed by atoms with Crippen molar-refractivity contribution >= 4 is 39.8 Å². The largest absolute Gasteiger partial charge is 0.573 e. The van der Waals surface area contributed by atoms with Crippen molar-refractivity contribution in [2.75, 3.05) is 12.8 Å². The van der Waals surface area contributed by atoms with Crippen LogP contribution in [0.1, 0.15) is 19.4 Å². The van der Waals surface area contributed by atoms with Crippen molar-refractivity contribution in [1.29, 1.82) is 0 Å². The average Bonchev–Trinajstić information content (AvgIpc) is 2.41. The van der Waals surface area contributed by atoms with Gasteiger partial charge in [-0.2, -0.15) is 0 Å². The molecule has 0 heterocycles. The maximum atomic E-state index is 12.0. The first-order chi connectivity index (χ1) is 10.8. The molecule has 3 N–H and O–H groups in total. The molecule has 0 amide bonds. The lowest BCUT2D eigenvalue weighted by atomic mass is 10.2. The fraction of sp³-hybridized carbons (Fsp3) is 0.500. The second kappa shape index (κ2) is 8.92. The van der Waals surface area contributed by atoms with Crippen LogP contribution in [-0.2, 0) is 16.4 Å². The number of nitrogens with one attached hydrogen (secondary N) is 1. The number of hydrogen-bond acceptors (Lipinski definition) is 4. The van der Waals surface area contributed by atoms with Crippen molar-refractivity contribution in [3.63, 3.8) is 0 Å². The normalized spacial score (nSPS) is 13.1. The number of benzene rings is 1. The Balaban J connectivity index is 0.00000576. The molecular formula is C14H21F3IN3O3S. The Morgan fingerprint density at radius 1 is 1.24 bits per heavy atom. The van der Waals surface area contributed by atoms with Crippen LogP contribution in [0.4, 0.5) is 13.2 Å². The number of sulfone groups is 1. The molecule has 1 aromatic carbocycles. The van der Waals surface area contributed by atoms with Gasteiger partial charge in [-0.25, -0.2) is 13.4 Å². The minimum atomic E-state index is -4.74. The van der Waals surface area contributed by atoms with Crippen LogP contribution in [0.25, 0.3) is 0 Å². The highest BCUT2D eigenvalue weighted by molar-refractivity contribution is 14.0. The third-order valence-corrected chi connectivity index (χ3v) is 5.44. The molecule has 0 spiro atoms. The lowest BCUT2D eigenvalue weighted by molar-refractivity contribution is -0.274. The summed E-state index contributed by atoms with van der Waals surface area (Å²) in [5.74, 6) is -0.279. The minimum absolute atomic E-state index is 0. The van der Waals surface area contributed by atoms with Crippen LogP contribution in [0.3, 0.4) is 0 Å². The molecule has 25 heavy (non-hydrogen) atoms. The van der Waals surface area contributed by atoms with E-state index in [0.29, 0.717) is 5.56 Å². The standard InChI is InChI=1S/C14H20F3N3O3S.HI/c1-13(2,24(3,21)22)9-20-12(18)19-8-10-4-6-11(7-5-10)23-14(15,16)17;/h4-7H,8-9H2,1-3H3,(H3,18,19,20);1H. The van der Waals surface area contributed by atoms with Crippen molar-refractivity contribution in [2.24, 2.45) is 10.7 Å². The van der Waals surface area contributed by atoms with Crippen molar-refractivity contribution in [3.05, 3.63) is 29.8 Å². The van der Waals surface area contributed by atoms with Gasteiger partial charge in [0.2, 0.25) is 0 Å².